The molecule has 3 rings (SSSR count). The van der Waals surface area contributed by atoms with Gasteiger partial charge in [-0.15, -0.1) is 24.0 Å². The highest BCUT2D eigenvalue weighted by molar-refractivity contribution is 14.0. The van der Waals surface area contributed by atoms with Gasteiger partial charge < -0.3 is 20.1 Å². The molecule has 0 saturated carbocycles. The van der Waals surface area contributed by atoms with Crippen LogP contribution < -0.4 is 20.1 Å². The number of benzene rings is 1. The maximum atomic E-state index is 5.76. The zero-order chi connectivity index (χ0) is 18.5. The van der Waals surface area contributed by atoms with Crippen LogP contribution in [0, 0.1) is 13.8 Å². The molecule has 148 valence electrons. The third-order valence-electron chi connectivity index (χ3n) is 4.41. The summed E-state index contributed by atoms with van der Waals surface area (Å²) in [7, 11) is 1.96. The first-order chi connectivity index (χ1) is 12.6. The summed E-state index contributed by atoms with van der Waals surface area (Å²) in [5, 5.41) is 11.1. The van der Waals surface area contributed by atoms with Crippen LogP contribution in [0.5, 0.6) is 11.5 Å². The molecule has 2 N–H and O–H groups in total. The average Bonchev–Trinajstić information content (AvgIpc) is 2.80. The fourth-order valence-electron chi connectivity index (χ4n) is 2.89. The summed E-state index contributed by atoms with van der Waals surface area (Å²) in [4.78, 5) is 4.71. The Labute approximate surface area is 177 Å². The third kappa shape index (κ3) is 5.27. The van der Waals surface area contributed by atoms with Crippen molar-refractivity contribution in [3.05, 3.63) is 35.2 Å². The van der Waals surface area contributed by atoms with Crippen molar-refractivity contribution in [3.63, 3.8) is 0 Å². The molecule has 0 unspecified atom stereocenters. The molecule has 0 radical (unpaired) electrons. The number of anilines is 1. The molecule has 0 atom stereocenters. The average molecular weight is 485 g/mol. The van der Waals surface area contributed by atoms with Crippen molar-refractivity contribution in [1.82, 2.24) is 15.1 Å². The number of hydrogen-bond acceptors (Lipinski definition) is 4. The van der Waals surface area contributed by atoms with Crippen LogP contribution in [0.4, 0.5) is 5.69 Å². The summed E-state index contributed by atoms with van der Waals surface area (Å²) in [6.07, 6.45) is 0.894. The van der Waals surface area contributed by atoms with Gasteiger partial charge >= 0.3 is 0 Å². The first-order valence-corrected chi connectivity index (χ1v) is 9.02. The lowest BCUT2D eigenvalue weighted by atomic mass is 10.2. The van der Waals surface area contributed by atoms with E-state index in [1.807, 2.05) is 43.8 Å². The number of guanidine groups is 1. The van der Waals surface area contributed by atoms with Crippen molar-refractivity contribution >= 4 is 35.6 Å². The van der Waals surface area contributed by atoms with Gasteiger partial charge in [-0.2, -0.15) is 5.10 Å². The standard InChI is InChI=1S/C19H27N5O2.HI/c1-5-20-19(21-12-16-13(2)23-24(4)14(16)3)22-15-7-8-17-18(11-15)26-10-6-9-25-17;/h7-8,11H,5-6,9-10,12H2,1-4H3,(H2,20,21,22);1H. The van der Waals surface area contributed by atoms with Crippen LogP contribution in [0.15, 0.2) is 23.2 Å². The van der Waals surface area contributed by atoms with Gasteiger partial charge in [0, 0.05) is 43.0 Å². The second-order valence-electron chi connectivity index (χ2n) is 6.31. The first-order valence-electron chi connectivity index (χ1n) is 9.02. The van der Waals surface area contributed by atoms with E-state index < -0.39 is 0 Å². The van der Waals surface area contributed by atoms with Gasteiger partial charge in [-0.1, -0.05) is 0 Å². The number of aromatic nitrogens is 2. The van der Waals surface area contributed by atoms with Gasteiger partial charge in [-0.3, -0.25) is 4.68 Å². The molecule has 1 aliphatic rings. The molecule has 1 aromatic carbocycles. The minimum absolute atomic E-state index is 0. The Hall–Kier alpha value is -1.97. The highest BCUT2D eigenvalue weighted by atomic mass is 127. The van der Waals surface area contributed by atoms with Gasteiger partial charge in [0.25, 0.3) is 0 Å². The number of nitrogens with zero attached hydrogens (tertiary/aromatic N) is 3. The number of nitrogens with one attached hydrogen (secondary N) is 2. The molecular weight excluding hydrogens is 457 g/mol. The predicted octanol–water partition coefficient (Wildman–Crippen LogP) is 3.39. The first kappa shape index (κ1) is 21.3. The number of hydrogen-bond donors (Lipinski definition) is 2. The number of aliphatic imine (C=N–C) groups is 1. The lowest BCUT2D eigenvalue weighted by molar-refractivity contribution is 0.297. The highest BCUT2D eigenvalue weighted by Crippen LogP contribution is 2.32. The van der Waals surface area contributed by atoms with Crippen LogP contribution in [0.25, 0.3) is 0 Å². The Morgan fingerprint density at radius 2 is 1.96 bits per heavy atom. The topological polar surface area (TPSA) is 72.7 Å². The molecule has 2 heterocycles. The maximum absolute atomic E-state index is 5.76. The number of halogens is 1. The van der Waals surface area contributed by atoms with E-state index in [-0.39, 0.29) is 24.0 Å². The van der Waals surface area contributed by atoms with Crippen molar-refractivity contribution < 1.29 is 9.47 Å². The molecule has 8 heteroatoms. The maximum Gasteiger partial charge on any atom is 0.196 e. The summed E-state index contributed by atoms with van der Waals surface area (Å²) in [6.45, 7) is 8.84. The fraction of sp³-hybridized carbons (Fsp3) is 0.474. The van der Waals surface area contributed by atoms with Crippen molar-refractivity contribution in [2.45, 2.75) is 33.7 Å². The molecule has 2 aromatic rings. The Kier molecular flexibility index (Phi) is 7.76. The normalized spacial score (nSPS) is 13.6. The second kappa shape index (κ2) is 9.82. The molecule has 0 fully saturated rings. The lowest BCUT2D eigenvalue weighted by Gasteiger charge is -2.14. The van der Waals surface area contributed by atoms with E-state index in [4.69, 9.17) is 14.5 Å². The number of fused-ring (bicyclic) bond motifs is 1. The summed E-state index contributed by atoms with van der Waals surface area (Å²) in [5.41, 5.74) is 4.22. The smallest absolute Gasteiger partial charge is 0.196 e. The summed E-state index contributed by atoms with van der Waals surface area (Å²) < 4.78 is 13.3. The van der Waals surface area contributed by atoms with Crippen LogP contribution in [-0.2, 0) is 13.6 Å². The SMILES string of the molecule is CCNC(=NCc1c(C)nn(C)c1C)Nc1ccc2c(c1)OCCCO2.I. The van der Waals surface area contributed by atoms with Crippen molar-refractivity contribution in [2.24, 2.45) is 12.0 Å². The van der Waals surface area contributed by atoms with Crippen LogP contribution >= 0.6 is 24.0 Å². The van der Waals surface area contributed by atoms with Crippen LogP contribution in [-0.4, -0.2) is 35.5 Å². The molecule has 1 aliphatic heterocycles. The van der Waals surface area contributed by atoms with Crippen LogP contribution in [0.3, 0.4) is 0 Å². The van der Waals surface area contributed by atoms with E-state index in [9.17, 15) is 0 Å². The molecule has 0 amide bonds. The molecule has 0 aliphatic carbocycles. The zero-order valence-corrected chi connectivity index (χ0v) is 18.7. The summed E-state index contributed by atoms with van der Waals surface area (Å²) in [6, 6.07) is 5.86. The molecule has 0 saturated heterocycles. The van der Waals surface area contributed by atoms with Crippen LogP contribution in [0.1, 0.15) is 30.3 Å². The number of aryl methyl sites for hydroxylation is 2. The largest absolute Gasteiger partial charge is 0.490 e. The van der Waals surface area contributed by atoms with Crippen molar-refractivity contribution in [1.29, 1.82) is 0 Å². The number of rotatable bonds is 4. The van der Waals surface area contributed by atoms with E-state index in [0.29, 0.717) is 19.8 Å². The third-order valence-corrected chi connectivity index (χ3v) is 4.41. The molecule has 1 aromatic heterocycles. The van der Waals surface area contributed by atoms with E-state index in [1.165, 1.54) is 0 Å². The van der Waals surface area contributed by atoms with Gasteiger partial charge in [0.05, 0.1) is 25.5 Å². The molecular formula is C19H28IN5O2. The predicted molar refractivity (Wildman–Crippen MR) is 119 cm³/mol. The van der Waals surface area contributed by atoms with E-state index >= 15 is 0 Å². The van der Waals surface area contributed by atoms with E-state index in [1.54, 1.807) is 0 Å². The Morgan fingerprint density at radius 1 is 1.22 bits per heavy atom. The highest BCUT2D eigenvalue weighted by Gasteiger charge is 2.12. The van der Waals surface area contributed by atoms with Gasteiger partial charge in [0.1, 0.15) is 0 Å². The van der Waals surface area contributed by atoms with Crippen molar-refractivity contribution in [2.75, 3.05) is 25.1 Å². The van der Waals surface area contributed by atoms with E-state index in [0.717, 1.165) is 53.1 Å². The van der Waals surface area contributed by atoms with Crippen LogP contribution in [0.2, 0.25) is 0 Å². The monoisotopic (exact) mass is 485 g/mol. The molecule has 0 spiro atoms. The minimum atomic E-state index is 0. The quantitative estimate of drug-likeness (QED) is 0.395. The van der Waals surface area contributed by atoms with Gasteiger partial charge in [-0.05, 0) is 32.9 Å². The fourth-order valence-corrected chi connectivity index (χ4v) is 2.89. The lowest BCUT2D eigenvalue weighted by Crippen LogP contribution is -2.30. The van der Waals surface area contributed by atoms with Crippen molar-refractivity contribution in [3.8, 4) is 11.5 Å². The number of ether oxygens (including phenoxy) is 2. The zero-order valence-electron chi connectivity index (χ0n) is 16.3. The van der Waals surface area contributed by atoms with E-state index in [2.05, 4.69) is 22.7 Å². The Morgan fingerprint density at radius 3 is 2.63 bits per heavy atom. The minimum Gasteiger partial charge on any atom is -0.490 e. The molecule has 27 heavy (non-hydrogen) atoms. The van der Waals surface area contributed by atoms with Gasteiger partial charge in [-0.25, -0.2) is 4.99 Å². The molecule has 0 bridgehead atoms. The van der Waals surface area contributed by atoms with Gasteiger partial charge in [0.15, 0.2) is 17.5 Å². The van der Waals surface area contributed by atoms with Gasteiger partial charge in [0.2, 0.25) is 0 Å². The Bertz CT molecular complexity index is 804. The summed E-state index contributed by atoms with van der Waals surface area (Å²) >= 11 is 0. The second-order valence-corrected chi connectivity index (χ2v) is 6.31. The summed E-state index contributed by atoms with van der Waals surface area (Å²) in [5.74, 6) is 2.28. The Balaban J connectivity index is 0.00000261. The molecule has 7 nitrogen and oxygen atoms in total.